The number of nitrogens with one attached hydrogen (secondary N) is 1. The van der Waals surface area contributed by atoms with E-state index in [0.29, 0.717) is 30.8 Å². The molecule has 1 rings (SSSR count). The third-order valence-corrected chi connectivity index (χ3v) is 3.84. The van der Waals surface area contributed by atoms with Crippen molar-refractivity contribution in [3.63, 3.8) is 0 Å². The van der Waals surface area contributed by atoms with Gasteiger partial charge in [0.2, 0.25) is 0 Å². The Kier molecular flexibility index (Phi) is 5.99. The molecular weight excluding hydrogens is 202 g/mol. The molecule has 0 saturated heterocycles. The molecule has 0 aromatic heterocycles. The number of Topliss-reactive ketones (excluding diaryl/α,β-unsaturated/α-hetero) is 1. The number of hydrogen-bond donors (Lipinski definition) is 1. The van der Waals surface area contributed by atoms with Crippen LogP contribution in [0.3, 0.4) is 0 Å². The highest BCUT2D eigenvalue weighted by Gasteiger charge is 2.28. The first-order chi connectivity index (χ1) is 7.65. The molecule has 1 saturated carbocycles. The van der Waals surface area contributed by atoms with Gasteiger partial charge in [-0.25, -0.2) is 0 Å². The minimum atomic E-state index is 0.293. The van der Waals surface area contributed by atoms with Gasteiger partial charge in [0.1, 0.15) is 5.78 Å². The van der Waals surface area contributed by atoms with Gasteiger partial charge in [0.15, 0.2) is 0 Å². The number of rotatable bonds is 6. The summed E-state index contributed by atoms with van der Waals surface area (Å²) >= 11 is 0. The van der Waals surface area contributed by atoms with Crippen LogP contribution in [0, 0.1) is 17.8 Å². The van der Waals surface area contributed by atoms with Crippen LogP contribution in [0.5, 0.6) is 0 Å². The maximum absolute atomic E-state index is 11.9. The van der Waals surface area contributed by atoms with Crippen LogP contribution in [0.1, 0.15) is 33.1 Å². The molecule has 0 heterocycles. The van der Waals surface area contributed by atoms with Crippen LogP contribution in [0.4, 0.5) is 0 Å². The van der Waals surface area contributed by atoms with Crippen molar-refractivity contribution in [2.45, 2.75) is 33.1 Å². The first kappa shape index (κ1) is 13.7. The first-order valence-electron chi connectivity index (χ1n) is 6.37. The van der Waals surface area contributed by atoms with Crippen LogP contribution in [0.25, 0.3) is 0 Å². The number of carbonyl (C=O) groups is 1. The molecule has 1 N–H and O–H groups in total. The Hall–Kier alpha value is -0.410. The minimum absolute atomic E-state index is 0.293. The summed E-state index contributed by atoms with van der Waals surface area (Å²) in [5, 5.41) is 3.13. The summed E-state index contributed by atoms with van der Waals surface area (Å²) in [7, 11) is 1.67. The lowest BCUT2D eigenvalue weighted by molar-refractivity contribution is -0.123. The van der Waals surface area contributed by atoms with Gasteiger partial charge in [0.25, 0.3) is 0 Å². The standard InChI is InChI=1S/C13H25NO2/c1-10-4-5-12(8-11(10)2)13(15)9-14-6-7-16-3/h10-12,14H,4-9H2,1-3H3. The summed E-state index contributed by atoms with van der Waals surface area (Å²) in [6.45, 7) is 6.51. The molecule has 3 heteroatoms. The molecule has 16 heavy (non-hydrogen) atoms. The lowest BCUT2D eigenvalue weighted by atomic mass is 9.74. The molecule has 3 atom stereocenters. The summed E-state index contributed by atoms with van der Waals surface area (Å²) < 4.78 is 4.93. The van der Waals surface area contributed by atoms with Crippen molar-refractivity contribution in [2.24, 2.45) is 17.8 Å². The first-order valence-corrected chi connectivity index (χ1v) is 6.37. The van der Waals surface area contributed by atoms with Crippen molar-refractivity contribution in [3.8, 4) is 0 Å². The van der Waals surface area contributed by atoms with Crippen LogP contribution in [-0.2, 0) is 9.53 Å². The number of ketones is 1. The van der Waals surface area contributed by atoms with E-state index >= 15 is 0 Å². The van der Waals surface area contributed by atoms with E-state index in [9.17, 15) is 4.79 Å². The Morgan fingerprint density at radius 3 is 2.69 bits per heavy atom. The van der Waals surface area contributed by atoms with E-state index in [1.807, 2.05) is 0 Å². The zero-order valence-corrected chi connectivity index (χ0v) is 10.8. The summed E-state index contributed by atoms with van der Waals surface area (Å²) in [5.41, 5.74) is 0. The zero-order valence-electron chi connectivity index (χ0n) is 10.8. The van der Waals surface area contributed by atoms with Gasteiger partial charge in [0.05, 0.1) is 13.2 Å². The van der Waals surface area contributed by atoms with Crippen LogP contribution >= 0.6 is 0 Å². The fourth-order valence-corrected chi connectivity index (χ4v) is 2.37. The van der Waals surface area contributed by atoms with E-state index in [0.717, 1.165) is 25.3 Å². The van der Waals surface area contributed by atoms with Crippen LogP contribution in [-0.4, -0.2) is 32.6 Å². The molecule has 0 spiro atoms. The predicted octanol–water partition coefficient (Wildman–Crippen LogP) is 1.86. The summed E-state index contributed by atoms with van der Waals surface area (Å²) in [6, 6.07) is 0. The van der Waals surface area contributed by atoms with Gasteiger partial charge in [-0.1, -0.05) is 13.8 Å². The second-order valence-corrected chi connectivity index (χ2v) is 5.10. The Balaban J connectivity index is 2.21. The predicted molar refractivity (Wildman–Crippen MR) is 65.4 cm³/mol. The van der Waals surface area contributed by atoms with Crippen LogP contribution in [0.2, 0.25) is 0 Å². The Bertz CT molecular complexity index is 218. The highest BCUT2D eigenvalue weighted by atomic mass is 16.5. The fraction of sp³-hybridized carbons (Fsp3) is 0.923. The monoisotopic (exact) mass is 227 g/mol. The average Bonchev–Trinajstić information content (AvgIpc) is 2.28. The molecule has 1 aliphatic rings. The molecule has 94 valence electrons. The summed E-state index contributed by atoms with van der Waals surface area (Å²) in [6.07, 6.45) is 3.36. The number of hydrogen-bond acceptors (Lipinski definition) is 3. The van der Waals surface area contributed by atoms with E-state index in [4.69, 9.17) is 4.74 Å². The van der Waals surface area contributed by atoms with Crippen molar-refractivity contribution in [1.29, 1.82) is 0 Å². The summed E-state index contributed by atoms with van der Waals surface area (Å²) in [5.74, 6) is 2.16. The number of methoxy groups -OCH3 is 1. The molecule has 0 aromatic rings. The van der Waals surface area contributed by atoms with E-state index in [-0.39, 0.29) is 0 Å². The second kappa shape index (κ2) is 7.02. The number of carbonyl (C=O) groups excluding carboxylic acids is 1. The van der Waals surface area contributed by atoms with Gasteiger partial charge in [-0.15, -0.1) is 0 Å². The van der Waals surface area contributed by atoms with Crippen molar-refractivity contribution in [3.05, 3.63) is 0 Å². The van der Waals surface area contributed by atoms with Gasteiger partial charge in [0, 0.05) is 19.6 Å². The van der Waals surface area contributed by atoms with Crippen LogP contribution in [0.15, 0.2) is 0 Å². The van der Waals surface area contributed by atoms with E-state index in [1.54, 1.807) is 7.11 Å². The third-order valence-electron chi connectivity index (χ3n) is 3.84. The molecule has 0 radical (unpaired) electrons. The van der Waals surface area contributed by atoms with E-state index in [1.165, 1.54) is 6.42 Å². The quantitative estimate of drug-likeness (QED) is 0.704. The molecule has 3 unspecified atom stereocenters. The lowest BCUT2D eigenvalue weighted by Crippen LogP contribution is -2.34. The molecule has 0 aromatic carbocycles. The lowest BCUT2D eigenvalue weighted by Gasteiger charge is -2.31. The van der Waals surface area contributed by atoms with Gasteiger partial charge >= 0.3 is 0 Å². The van der Waals surface area contributed by atoms with Gasteiger partial charge in [-0.05, 0) is 31.1 Å². The fourth-order valence-electron chi connectivity index (χ4n) is 2.37. The smallest absolute Gasteiger partial charge is 0.149 e. The maximum atomic E-state index is 11.9. The molecular formula is C13H25NO2. The highest BCUT2D eigenvalue weighted by Crippen LogP contribution is 2.33. The molecule has 3 nitrogen and oxygen atoms in total. The molecule has 0 aliphatic heterocycles. The highest BCUT2D eigenvalue weighted by molar-refractivity contribution is 5.83. The number of ether oxygens (including phenoxy) is 1. The third kappa shape index (κ3) is 4.22. The SMILES string of the molecule is COCCNCC(=O)C1CCC(C)C(C)C1. The molecule has 1 fully saturated rings. The Labute approximate surface area is 98.9 Å². The maximum Gasteiger partial charge on any atom is 0.149 e. The van der Waals surface area contributed by atoms with Crippen molar-refractivity contribution < 1.29 is 9.53 Å². The van der Waals surface area contributed by atoms with Gasteiger partial charge < -0.3 is 10.1 Å². The topological polar surface area (TPSA) is 38.3 Å². The average molecular weight is 227 g/mol. The molecule has 0 amide bonds. The molecule has 0 bridgehead atoms. The van der Waals surface area contributed by atoms with E-state index in [2.05, 4.69) is 19.2 Å². The molecule has 1 aliphatic carbocycles. The van der Waals surface area contributed by atoms with Crippen molar-refractivity contribution in [1.82, 2.24) is 5.32 Å². The Morgan fingerprint density at radius 1 is 1.31 bits per heavy atom. The van der Waals surface area contributed by atoms with Crippen molar-refractivity contribution in [2.75, 3.05) is 26.8 Å². The van der Waals surface area contributed by atoms with Crippen LogP contribution < -0.4 is 5.32 Å². The Morgan fingerprint density at radius 2 is 2.06 bits per heavy atom. The van der Waals surface area contributed by atoms with Gasteiger partial charge in [-0.2, -0.15) is 0 Å². The largest absolute Gasteiger partial charge is 0.383 e. The summed E-state index contributed by atoms with van der Waals surface area (Å²) in [4.78, 5) is 11.9. The zero-order chi connectivity index (χ0) is 12.0. The van der Waals surface area contributed by atoms with E-state index < -0.39 is 0 Å². The van der Waals surface area contributed by atoms with Gasteiger partial charge in [-0.3, -0.25) is 4.79 Å². The second-order valence-electron chi connectivity index (χ2n) is 5.10. The normalized spacial score (nSPS) is 30.3. The minimum Gasteiger partial charge on any atom is -0.383 e. The van der Waals surface area contributed by atoms with Crippen molar-refractivity contribution >= 4 is 5.78 Å².